The van der Waals surface area contributed by atoms with Crippen LogP contribution in [0, 0.1) is 5.82 Å². The van der Waals surface area contributed by atoms with E-state index in [1.165, 1.54) is 35.6 Å². The normalized spacial score (nSPS) is 14.2. The second-order valence-corrected chi connectivity index (χ2v) is 12.4. The number of urea groups is 1. The highest BCUT2D eigenvalue weighted by Crippen LogP contribution is 2.28. The number of piperidine rings is 1. The number of ether oxygens (including phenoxy) is 1. The molecule has 0 aliphatic carbocycles. The number of anilines is 2. The molecule has 0 bridgehead atoms. The van der Waals surface area contributed by atoms with E-state index in [9.17, 15) is 17.6 Å². The Balaban J connectivity index is 0.00000387. The molecule has 5 rings (SSSR count). The lowest BCUT2D eigenvalue weighted by molar-refractivity contribution is 0.199. The topological polar surface area (TPSA) is 91.8 Å². The summed E-state index contributed by atoms with van der Waals surface area (Å²) in [5, 5.41) is 6.82. The minimum atomic E-state index is -3.26. The van der Waals surface area contributed by atoms with E-state index in [-0.39, 0.29) is 35.2 Å². The third kappa shape index (κ3) is 8.04. The number of hydrogen-bond donors (Lipinski definition) is 1. The molecule has 4 aromatic rings. The minimum Gasteiger partial charge on any atom is -0.439 e. The maximum absolute atomic E-state index is 13.3. The fourth-order valence-electron chi connectivity index (χ4n) is 4.64. The van der Waals surface area contributed by atoms with Gasteiger partial charge in [-0.05, 0) is 78.4 Å². The Labute approximate surface area is 249 Å². The molecule has 0 unspecified atom stereocenters. The first-order valence-corrected chi connectivity index (χ1v) is 15.6. The molecule has 2 aromatic heterocycles. The van der Waals surface area contributed by atoms with Gasteiger partial charge in [0.1, 0.15) is 11.6 Å². The van der Waals surface area contributed by atoms with Gasteiger partial charge < -0.3 is 10.1 Å². The number of hydrogen-bond acceptors (Lipinski definition) is 7. The maximum Gasteiger partial charge on any atom is 0.326 e. The standard InChI is InChI=1S/C29H29FN4O4S2.ClH/c1-40(36,37)27-9-7-26(8-10-27)38-28-11-2-21(18-31-28)19-33-15-12-24(13-16-33)34(25-14-17-39-20-25)29(35)32-23-5-3-22(30)4-6-23;/h2-11,14,17-18,20,24H,12-13,15-16,19H2,1H3,(H,32,35);1H. The van der Waals surface area contributed by atoms with Gasteiger partial charge in [0, 0.05) is 55.3 Å². The molecular formula is C29H30ClFN4O4S2. The summed E-state index contributed by atoms with van der Waals surface area (Å²) >= 11 is 1.54. The van der Waals surface area contributed by atoms with Crippen LogP contribution >= 0.6 is 23.7 Å². The van der Waals surface area contributed by atoms with Crippen LogP contribution in [0.2, 0.25) is 0 Å². The summed E-state index contributed by atoms with van der Waals surface area (Å²) in [5.74, 6) is 0.583. The molecular weight excluding hydrogens is 587 g/mol. The number of aromatic nitrogens is 1. The van der Waals surface area contributed by atoms with Crippen molar-refractivity contribution in [3.05, 3.63) is 95.1 Å². The van der Waals surface area contributed by atoms with Crippen LogP contribution in [-0.2, 0) is 16.4 Å². The van der Waals surface area contributed by atoms with Gasteiger partial charge >= 0.3 is 6.03 Å². The molecule has 2 aromatic carbocycles. The number of halogens is 2. The Morgan fingerprint density at radius 1 is 1.07 bits per heavy atom. The van der Waals surface area contributed by atoms with E-state index in [1.807, 2.05) is 27.8 Å². The molecule has 0 spiro atoms. The van der Waals surface area contributed by atoms with E-state index in [1.54, 1.807) is 36.5 Å². The van der Waals surface area contributed by atoms with Crippen LogP contribution in [0.25, 0.3) is 0 Å². The summed E-state index contributed by atoms with van der Waals surface area (Å²) in [5.41, 5.74) is 2.45. The van der Waals surface area contributed by atoms with E-state index in [0.29, 0.717) is 17.3 Å². The predicted octanol–water partition coefficient (Wildman–Crippen LogP) is 6.60. The molecule has 1 saturated heterocycles. The zero-order chi connectivity index (χ0) is 28.1. The molecule has 12 heteroatoms. The van der Waals surface area contributed by atoms with E-state index in [0.717, 1.165) is 50.0 Å². The highest BCUT2D eigenvalue weighted by atomic mass is 35.5. The molecule has 2 amide bonds. The molecule has 0 saturated carbocycles. The van der Waals surface area contributed by atoms with Gasteiger partial charge in [-0.15, -0.1) is 12.4 Å². The van der Waals surface area contributed by atoms with Crippen molar-refractivity contribution in [1.29, 1.82) is 0 Å². The van der Waals surface area contributed by atoms with Crippen molar-refractivity contribution in [2.24, 2.45) is 0 Å². The van der Waals surface area contributed by atoms with Gasteiger partial charge in [0.15, 0.2) is 9.84 Å². The zero-order valence-corrected chi connectivity index (χ0v) is 24.7. The lowest BCUT2D eigenvalue weighted by Gasteiger charge is -2.38. The molecule has 1 aliphatic heterocycles. The SMILES string of the molecule is CS(=O)(=O)c1ccc(Oc2ccc(CN3CCC(N(C(=O)Nc4ccc(F)cc4)c4ccsc4)CC3)cn2)cc1.Cl. The van der Waals surface area contributed by atoms with Gasteiger partial charge in [-0.1, -0.05) is 6.07 Å². The highest BCUT2D eigenvalue weighted by Gasteiger charge is 2.29. The van der Waals surface area contributed by atoms with Crippen molar-refractivity contribution in [2.45, 2.75) is 30.3 Å². The second kappa shape index (κ2) is 13.4. The van der Waals surface area contributed by atoms with Crippen molar-refractivity contribution in [3.8, 4) is 11.6 Å². The quantitative estimate of drug-likeness (QED) is 0.240. The average Bonchev–Trinajstić information content (AvgIpc) is 3.46. The van der Waals surface area contributed by atoms with Crippen LogP contribution in [0.15, 0.2) is 88.6 Å². The smallest absolute Gasteiger partial charge is 0.326 e. The first-order valence-electron chi connectivity index (χ1n) is 12.8. The molecule has 3 heterocycles. The van der Waals surface area contributed by atoms with Gasteiger partial charge in [0.05, 0.1) is 10.6 Å². The summed E-state index contributed by atoms with van der Waals surface area (Å²) in [6.45, 7) is 2.36. The van der Waals surface area contributed by atoms with Crippen LogP contribution in [0.3, 0.4) is 0 Å². The number of amides is 2. The summed E-state index contributed by atoms with van der Waals surface area (Å²) in [6, 6.07) is 17.5. The number of nitrogens with one attached hydrogen (secondary N) is 1. The van der Waals surface area contributed by atoms with Crippen LogP contribution in [0.4, 0.5) is 20.6 Å². The van der Waals surface area contributed by atoms with Crippen LogP contribution < -0.4 is 15.0 Å². The third-order valence-corrected chi connectivity index (χ3v) is 8.50. The third-order valence-electron chi connectivity index (χ3n) is 6.70. The average molecular weight is 617 g/mol. The first kappa shape index (κ1) is 30.4. The Morgan fingerprint density at radius 3 is 2.37 bits per heavy atom. The zero-order valence-electron chi connectivity index (χ0n) is 22.3. The second-order valence-electron chi connectivity index (χ2n) is 9.65. The Kier molecular flexibility index (Phi) is 9.98. The number of likely N-dealkylation sites (tertiary alicyclic amines) is 1. The number of nitrogens with zero attached hydrogens (tertiary/aromatic N) is 3. The van der Waals surface area contributed by atoms with Crippen molar-refractivity contribution in [1.82, 2.24) is 9.88 Å². The number of sulfone groups is 1. The Hall–Kier alpha value is -3.51. The van der Waals surface area contributed by atoms with E-state index < -0.39 is 9.84 Å². The summed E-state index contributed by atoms with van der Waals surface area (Å²) < 4.78 is 42.3. The lowest BCUT2D eigenvalue weighted by atomic mass is 10.0. The minimum absolute atomic E-state index is 0. The van der Waals surface area contributed by atoms with Crippen LogP contribution in [0.5, 0.6) is 11.6 Å². The summed E-state index contributed by atoms with van der Waals surface area (Å²) in [7, 11) is -3.26. The van der Waals surface area contributed by atoms with Gasteiger partial charge in [-0.3, -0.25) is 9.80 Å². The largest absolute Gasteiger partial charge is 0.439 e. The Morgan fingerprint density at radius 2 is 1.78 bits per heavy atom. The lowest BCUT2D eigenvalue weighted by Crippen LogP contribution is -2.48. The predicted molar refractivity (Wildman–Crippen MR) is 162 cm³/mol. The van der Waals surface area contributed by atoms with Crippen molar-refractivity contribution in [2.75, 3.05) is 29.6 Å². The number of benzene rings is 2. The fraction of sp³-hybridized carbons (Fsp3) is 0.241. The van der Waals surface area contributed by atoms with Crippen molar-refractivity contribution in [3.63, 3.8) is 0 Å². The van der Waals surface area contributed by atoms with Gasteiger partial charge in [-0.2, -0.15) is 11.3 Å². The number of pyridine rings is 1. The number of carbonyl (C=O) groups excluding carboxylic acids is 1. The highest BCUT2D eigenvalue weighted by molar-refractivity contribution is 7.90. The van der Waals surface area contributed by atoms with Gasteiger partial charge in [-0.25, -0.2) is 22.6 Å². The molecule has 0 radical (unpaired) electrons. The molecule has 1 fully saturated rings. The number of rotatable bonds is 8. The Bertz CT molecular complexity index is 1530. The van der Waals surface area contributed by atoms with Crippen LogP contribution in [-0.4, -0.2) is 49.7 Å². The maximum atomic E-state index is 13.3. The van der Waals surface area contributed by atoms with Crippen molar-refractivity contribution >= 4 is 51.0 Å². The van der Waals surface area contributed by atoms with E-state index in [4.69, 9.17) is 4.74 Å². The summed E-state index contributed by atoms with van der Waals surface area (Å²) in [4.78, 5) is 22.0. The first-order chi connectivity index (χ1) is 19.2. The molecule has 1 aliphatic rings. The number of carbonyl (C=O) groups is 1. The van der Waals surface area contributed by atoms with E-state index >= 15 is 0 Å². The van der Waals surface area contributed by atoms with E-state index in [2.05, 4.69) is 15.2 Å². The number of thiophene rings is 1. The van der Waals surface area contributed by atoms with Crippen LogP contribution in [0.1, 0.15) is 18.4 Å². The molecule has 0 atom stereocenters. The van der Waals surface area contributed by atoms with Gasteiger partial charge in [0.2, 0.25) is 5.88 Å². The fourth-order valence-corrected chi connectivity index (χ4v) is 5.90. The molecule has 41 heavy (non-hydrogen) atoms. The monoisotopic (exact) mass is 616 g/mol. The van der Waals surface area contributed by atoms with Crippen molar-refractivity contribution < 1.29 is 22.3 Å². The molecule has 1 N–H and O–H groups in total. The molecule has 8 nitrogen and oxygen atoms in total. The summed E-state index contributed by atoms with van der Waals surface area (Å²) in [6.07, 6.45) is 4.56. The molecule has 216 valence electrons. The van der Waals surface area contributed by atoms with Gasteiger partial charge in [0.25, 0.3) is 0 Å².